The zero-order chi connectivity index (χ0) is 12.5. The average Bonchev–Trinajstić information content (AvgIpc) is 2.34. The summed E-state index contributed by atoms with van der Waals surface area (Å²) in [6, 6.07) is 7.57. The third kappa shape index (κ3) is 5.95. The summed E-state index contributed by atoms with van der Waals surface area (Å²) in [6.07, 6.45) is 5.18. The monoisotopic (exact) mass is 234 g/mol. The fourth-order valence-corrected chi connectivity index (χ4v) is 1.64. The van der Waals surface area contributed by atoms with E-state index in [4.69, 9.17) is 5.73 Å². The summed E-state index contributed by atoms with van der Waals surface area (Å²) in [4.78, 5) is 11.5. The fourth-order valence-electron chi connectivity index (χ4n) is 1.64. The molecule has 3 N–H and O–H groups in total. The van der Waals surface area contributed by atoms with Crippen LogP contribution in [0.15, 0.2) is 24.3 Å². The van der Waals surface area contributed by atoms with Gasteiger partial charge in [-0.15, -0.1) is 0 Å². The van der Waals surface area contributed by atoms with E-state index in [2.05, 4.69) is 12.2 Å². The second kappa shape index (κ2) is 7.71. The van der Waals surface area contributed by atoms with Gasteiger partial charge in [0, 0.05) is 18.7 Å². The number of amides is 1. The number of rotatable bonds is 7. The second-order valence-corrected chi connectivity index (χ2v) is 4.33. The molecule has 1 rings (SSSR count). The minimum Gasteiger partial charge on any atom is -0.399 e. The summed E-state index contributed by atoms with van der Waals surface area (Å²) in [5, 5.41) is 2.92. The summed E-state index contributed by atoms with van der Waals surface area (Å²) >= 11 is 0. The number of carbonyl (C=O) groups excluding carboxylic acids is 1. The standard InChI is InChI=1S/C14H22N2O/c1-2-3-4-5-6-14(17)16-11-12-7-9-13(15)10-8-12/h7-10H,2-6,11,15H2,1H3,(H,16,17). The van der Waals surface area contributed by atoms with Gasteiger partial charge in [0.2, 0.25) is 5.91 Å². The summed E-state index contributed by atoms with van der Waals surface area (Å²) < 4.78 is 0. The van der Waals surface area contributed by atoms with Crippen molar-refractivity contribution in [3.8, 4) is 0 Å². The number of nitrogens with two attached hydrogens (primary N) is 1. The van der Waals surface area contributed by atoms with Gasteiger partial charge in [-0.25, -0.2) is 0 Å². The van der Waals surface area contributed by atoms with Crippen LogP contribution in [-0.2, 0) is 11.3 Å². The van der Waals surface area contributed by atoms with Crippen LogP contribution in [0.1, 0.15) is 44.6 Å². The van der Waals surface area contributed by atoms with E-state index in [1.54, 1.807) is 0 Å². The SMILES string of the molecule is CCCCCCC(=O)NCc1ccc(N)cc1. The van der Waals surface area contributed by atoms with Crippen molar-refractivity contribution in [1.29, 1.82) is 0 Å². The van der Waals surface area contributed by atoms with Gasteiger partial charge >= 0.3 is 0 Å². The van der Waals surface area contributed by atoms with Gasteiger partial charge < -0.3 is 11.1 Å². The maximum absolute atomic E-state index is 11.5. The summed E-state index contributed by atoms with van der Waals surface area (Å²) in [5.41, 5.74) is 7.42. The van der Waals surface area contributed by atoms with E-state index in [0.717, 1.165) is 24.1 Å². The molecule has 1 aromatic carbocycles. The first kappa shape index (κ1) is 13.6. The zero-order valence-corrected chi connectivity index (χ0v) is 10.5. The maximum atomic E-state index is 11.5. The smallest absolute Gasteiger partial charge is 0.220 e. The maximum Gasteiger partial charge on any atom is 0.220 e. The number of hydrogen-bond donors (Lipinski definition) is 2. The quantitative estimate of drug-likeness (QED) is 0.563. The molecule has 1 amide bonds. The van der Waals surface area contributed by atoms with Crippen LogP contribution in [0.5, 0.6) is 0 Å². The molecule has 0 saturated carbocycles. The summed E-state index contributed by atoms with van der Waals surface area (Å²) in [6.45, 7) is 2.76. The molecule has 0 fully saturated rings. The van der Waals surface area contributed by atoms with Crippen LogP contribution in [0.4, 0.5) is 5.69 Å². The van der Waals surface area contributed by atoms with Crippen LogP contribution >= 0.6 is 0 Å². The van der Waals surface area contributed by atoms with Crippen molar-refractivity contribution in [3.63, 3.8) is 0 Å². The van der Waals surface area contributed by atoms with Crippen LogP contribution in [0.25, 0.3) is 0 Å². The summed E-state index contributed by atoms with van der Waals surface area (Å²) in [7, 11) is 0. The van der Waals surface area contributed by atoms with Crippen molar-refractivity contribution in [3.05, 3.63) is 29.8 Å². The van der Waals surface area contributed by atoms with Gasteiger partial charge in [0.25, 0.3) is 0 Å². The molecule has 94 valence electrons. The van der Waals surface area contributed by atoms with Gasteiger partial charge in [-0.2, -0.15) is 0 Å². The number of nitrogen functional groups attached to an aromatic ring is 1. The third-order valence-corrected chi connectivity index (χ3v) is 2.73. The molecule has 0 aliphatic heterocycles. The Labute approximate surface area is 103 Å². The lowest BCUT2D eigenvalue weighted by Crippen LogP contribution is -2.22. The Kier molecular flexibility index (Phi) is 6.15. The number of carbonyl (C=O) groups is 1. The first-order valence-electron chi connectivity index (χ1n) is 6.33. The largest absolute Gasteiger partial charge is 0.399 e. The van der Waals surface area contributed by atoms with E-state index in [-0.39, 0.29) is 5.91 Å². The van der Waals surface area contributed by atoms with E-state index < -0.39 is 0 Å². The Balaban J connectivity index is 2.17. The summed E-state index contributed by atoms with van der Waals surface area (Å²) in [5.74, 6) is 0.137. The molecule has 0 bridgehead atoms. The van der Waals surface area contributed by atoms with Crippen LogP contribution in [0, 0.1) is 0 Å². The highest BCUT2D eigenvalue weighted by molar-refractivity contribution is 5.75. The van der Waals surface area contributed by atoms with Crippen LogP contribution in [0.3, 0.4) is 0 Å². The molecule has 3 heteroatoms. The van der Waals surface area contributed by atoms with E-state index in [0.29, 0.717) is 13.0 Å². The van der Waals surface area contributed by atoms with Gasteiger partial charge in [-0.05, 0) is 24.1 Å². The Bertz CT molecular complexity index is 333. The lowest BCUT2D eigenvalue weighted by atomic mass is 10.1. The minimum absolute atomic E-state index is 0.137. The molecular formula is C14H22N2O. The first-order valence-corrected chi connectivity index (χ1v) is 6.33. The van der Waals surface area contributed by atoms with Crippen molar-refractivity contribution < 1.29 is 4.79 Å². The van der Waals surface area contributed by atoms with E-state index in [1.165, 1.54) is 12.8 Å². The van der Waals surface area contributed by atoms with E-state index in [9.17, 15) is 4.79 Å². The number of benzene rings is 1. The van der Waals surface area contributed by atoms with Crippen molar-refractivity contribution in [1.82, 2.24) is 5.32 Å². The second-order valence-electron chi connectivity index (χ2n) is 4.33. The van der Waals surface area contributed by atoms with Crippen molar-refractivity contribution in [2.45, 2.75) is 45.6 Å². The predicted octanol–water partition coefficient (Wildman–Crippen LogP) is 2.86. The van der Waals surface area contributed by atoms with Crippen LogP contribution in [-0.4, -0.2) is 5.91 Å². The molecule has 0 saturated heterocycles. The van der Waals surface area contributed by atoms with Crippen molar-refractivity contribution in [2.75, 3.05) is 5.73 Å². The molecule has 17 heavy (non-hydrogen) atoms. The molecule has 0 aromatic heterocycles. The molecule has 1 aromatic rings. The number of nitrogens with one attached hydrogen (secondary N) is 1. The number of hydrogen-bond acceptors (Lipinski definition) is 2. The predicted molar refractivity (Wildman–Crippen MR) is 71.5 cm³/mol. The molecule has 0 radical (unpaired) electrons. The van der Waals surface area contributed by atoms with Gasteiger partial charge in [0.05, 0.1) is 0 Å². The van der Waals surface area contributed by atoms with Gasteiger partial charge in [-0.1, -0.05) is 38.3 Å². The van der Waals surface area contributed by atoms with Crippen molar-refractivity contribution in [2.24, 2.45) is 0 Å². The fraction of sp³-hybridized carbons (Fsp3) is 0.500. The minimum atomic E-state index is 0.137. The van der Waals surface area contributed by atoms with Crippen LogP contribution in [0.2, 0.25) is 0 Å². The molecule has 0 unspecified atom stereocenters. The highest BCUT2D eigenvalue weighted by atomic mass is 16.1. The Morgan fingerprint density at radius 2 is 1.88 bits per heavy atom. The van der Waals surface area contributed by atoms with Gasteiger partial charge in [0.1, 0.15) is 0 Å². The molecule has 0 aliphatic carbocycles. The average molecular weight is 234 g/mol. The van der Waals surface area contributed by atoms with Gasteiger partial charge in [-0.3, -0.25) is 4.79 Å². The molecule has 0 spiro atoms. The molecule has 0 aliphatic rings. The van der Waals surface area contributed by atoms with E-state index >= 15 is 0 Å². The molecule has 3 nitrogen and oxygen atoms in total. The number of anilines is 1. The topological polar surface area (TPSA) is 55.1 Å². The lowest BCUT2D eigenvalue weighted by molar-refractivity contribution is -0.121. The van der Waals surface area contributed by atoms with Gasteiger partial charge in [0.15, 0.2) is 0 Å². The highest BCUT2D eigenvalue weighted by Gasteiger charge is 2.00. The Hall–Kier alpha value is -1.51. The first-order chi connectivity index (χ1) is 8.22. The van der Waals surface area contributed by atoms with Crippen LogP contribution < -0.4 is 11.1 Å². The number of unbranched alkanes of at least 4 members (excludes halogenated alkanes) is 3. The molecule has 0 atom stereocenters. The Morgan fingerprint density at radius 1 is 1.18 bits per heavy atom. The molecular weight excluding hydrogens is 212 g/mol. The molecule has 0 heterocycles. The zero-order valence-electron chi connectivity index (χ0n) is 10.5. The highest BCUT2D eigenvalue weighted by Crippen LogP contribution is 2.06. The van der Waals surface area contributed by atoms with Crippen molar-refractivity contribution >= 4 is 11.6 Å². The lowest BCUT2D eigenvalue weighted by Gasteiger charge is -2.05. The third-order valence-electron chi connectivity index (χ3n) is 2.73. The Morgan fingerprint density at radius 3 is 2.53 bits per heavy atom. The normalized spacial score (nSPS) is 10.2. The van der Waals surface area contributed by atoms with E-state index in [1.807, 2.05) is 24.3 Å².